The van der Waals surface area contributed by atoms with E-state index in [0.717, 1.165) is 15.6 Å². The summed E-state index contributed by atoms with van der Waals surface area (Å²) in [7, 11) is -3.77. The lowest BCUT2D eigenvalue weighted by molar-refractivity contribution is -0.115. The van der Waals surface area contributed by atoms with Gasteiger partial charge in [0, 0.05) is 24.7 Å². The number of anilines is 1. The summed E-state index contributed by atoms with van der Waals surface area (Å²) in [6, 6.07) is 8.92. The summed E-state index contributed by atoms with van der Waals surface area (Å²) in [5.41, 5.74) is 1.65. The Morgan fingerprint density at radius 2 is 1.84 bits per heavy atom. The lowest BCUT2D eigenvalue weighted by Crippen LogP contribution is -2.32. The van der Waals surface area contributed by atoms with Crippen LogP contribution < -0.4 is 15.6 Å². The molecule has 0 atom stereocenters. The fourth-order valence-electron chi connectivity index (χ4n) is 2.84. The highest BCUT2D eigenvalue weighted by molar-refractivity contribution is 7.89. The minimum atomic E-state index is -3.77. The molecule has 31 heavy (non-hydrogen) atoms. The minimum Gasteiger partial charge on any atom is -0.326 e. The van der Waals surface area contributed by atoms with E-state index in [0.29, 0.717) is 17.8 Å². The van der Waals surface area contributed by atoms with Gasteiger partial charge in [0.2, 0.25) is 15.9 Å². The van der Waals surface area contributed by atoms with E-state index < -0.39 is 10.0 Å². The topological polar surface area (TPSA) is 123 Å². The molecule has 2 N–H and O–H groups in total. The number of hydrogen-bond acceptors (Lipinski definition) is 7. The molecule has 0 aliphatic rings. The number of nitrogens with one attached hydrogen (secondary N) is 2. The maximum absolute atomic E-state index is 12.5. The number of thiazole rings is 1. The van der Waals surface area contributed by atoms with E-state index in [1.54, 1.807) is 13.0 Å². The van der Waals surface area contributed by atoms with Crippen LogP contribution in [0.15, 0.2) is 46.1 Å². The van der Waals surface area contributed by atoms with E-state index >= 15 is 0 Å². The number of aromatic nitrogens is 3. The van der Waals surface area contributed by atoms with E-state index in [-0.39, 0.29) is 29.5 Å². The van der Waals surface area contributed by atoms with Crippen LogP contribution in [-0.4, -0.2) is 35.6 Å². The Morgan fingerprint density at radius 1 is 1.13 bits per heavy atom. The Morgan fingerprint density at radius 3 is 2.45 bits per heavy atom. The smallest absolute Gasteiger partial charge is 0.266 e. The van der Waals surface area contributed by atoms with Gasteiger partial charge in [-0.2, -0.15) is 5.10 Å². The van der Waals surface area contributed by atoms with Crippen molar-refractivity contribution in [3.05, 3.63) is 57.5 Å². The summed E-state index contributed by atoms with van der Waals surface area (Å²) in [6.45, 7) is 5.58. The first kappa shape index (κ1) is 22.8. The second kappa shape index (κ2) is 9.50. The predicted molar refractivity (Wildman–Crippen MR) is 120 cm³/mol. The van der Waals surface area contributed by atoms with Crippen LogP contribution in [0.1, 0.15) is 24.0 Å². The van der Waals surface area contributed by atoms with Crippen molar-refractivity contribution in [2.45, 2.75) is 38.6 Å². The van der Waals surface area contributed by atoms with Crippen LogP contribution in [0.25, 0.3) is 10.6 Å². The maximum Gasteiger partial charge on any atom is 0.266 e. The molecule has 0 radical (unpaired) electrons. The Bertz CT molecular complexity index is 1250. The first-order valence-electron chi connectivity index (χ1n) is 9.61. The Hall–Kier alpha value is -2.89. The zero-order valence-corrected chi connectivity index (χ0v) is 19.0. The molecule has 1 aromatic carbocycles. The van der Waals surface area contributed by atoms with Gasteiger partial charge in [-0.15, -0.1) is 11.3 Å². The van der Waals surface area contributed by atoms with Gasteiger partial charge in [0.15, 0.2) is 0 Å². The summed E-state index contributed by atoms with van der Waals surface area (Å²) in [4.78, 5) is 28.9. The van der Waals surface area contributed by atoms with Crippen LogP contribution in [0.5, 0.6) is 0 Å². The number of aryl methyl sites for hydroxylation is 2. The molecule has 0 saturated heterocycles. The van der Waals surface area contributed by atoms with E-state index in [9.17, 15) is 18.0 Å². The quantitative estimate of drug-likeness (QED) is 0.531. The van der Waals surface area contributed by atoms with Crippen molar-refractivity contribution < 1.29 is 13.2 Å². The van der Waals surface area contributed by atoms with Crippen LogP contribution in [0.4, 0.5) is 5.69 Å². The summed E-state index contributed by atoms with van der Waals surface area (Å²) in [5, 5.41) is 7.92. The van der Waals surface area contributed by atoms with Crippen LogP contribution in [0.2, 0.25) is 0 Å². The van der Waals surface area contributed by atoms with Gasteiger partial charge in [-0.3, -0.25) is 9.59 Å². The molecule has 0 aliphatic heterocycles. The third kappa shape index (κ3) is 5.63. The molecule has 0 unspecified atom stereocenters. The Labute approximate surface area is 184 Å². The normalized spacial score (nSPS) is 11.5. The fourth-order valence-corrected chi connectivity index (χ4v) is 4.74. The van der Waals surface area contributed by atoms with Crippen LogP contribution >= 0.6 is 11.3 Å². The Kier molecular flexibility index (Phi) is 6.98. The average Bonchev–Trinajstić information content (AvgIpc) is 3.07. The van der Waals surface area contributed by atoms with Gasteiger partial charge < -0.3 is 5.32 Å². The highest BCUT2D eigenvalue weighted by Crippen LogP contribution is 2.27. The zero-order chi connectivity index (χ0) is 22.6. The molecule has 2 aromatic heterocycles. The van der Waals surface area contributed by atoms with Gasteiger partial charge in [-0.1, -0.05) is 6.92 Å². The lowest BCUT2D eigenvalue weighted by atomic mass is 10.3. The van der Waals surface area contributed by atoms with Gasteiger partial charge in [0.1, 0.15) is 5.69 Å². The van der Waals surface area contributed by atoms with Gasteiger partial charge in [0.25, 0.3) is 5.56 Å². The van der Waals surface area contributed by atoms with Crippen molar-refractivity contribution in [2.75, 3.05) is 11.9 Å². The standard InChI is InChI=1S/C20H23N5O4S2/c1-4-18(26)23-15-5-7-16(8-6-15)31(28,29)21-11-12-25-19(27)10-9-17(24-25)20-13(2)22-14(3)30-20/h5-10,21H,4,11-12H2,1-3H3,(H,23,26). The third-order valence-corrected chi connectivity index (χ3v) is 6.96. The summed E-state index contributed by atoms with van der Waals surface area (Å²) < 4.78 is 28.7. The number of benzene rings is 1. The van der Waals surface area contributed by atoms with Crippen molar-refractivity contribution in [3.8, 4) is 10.6 Å². The second-order valence-corrected chi connectivity index (χ2v) is 9.72. The van der Waals surface area contributed by atoms with Gasteiger partial charge in [-0.25, -0.2) is 22.8 Å². The van der Waals surface area contributed by atoms with E-state index in [1.807, 2.05) is 13.8 Å². The molecule has 3 rings (SSSR count). The van der Waals surface area contributed by atoms with Crippen molar-refractivity contribution >= 4 is 33.0 Å². The van der Waals surface area contributed by atoms with Crippen molar-refractivity contribution in [1.29, 1.82) is 0 Å². The highest BCUT2D eigenvalue weighted by atomic mass is 32.2. The molecule has 0 saturated carbocycles. The molecule has 2 heterocycles. The number of rotatable bonds is 8. The summed E-state index contributed by atoms with van der Waals surface area (Å²) in [6.07, 6.45) is 0.332. The number of sulfonamides is 1. The van der Waals surface area contributed by atoms with Gasteiger partial charge in [0.05, 0.1) is 27.0 Å². The molecular formula is C20H23N5O4S2. The molecule has 9 nitrogen and oxygen atoms in total. The number of nitrogens with zero attached hydrogens (tertiary/aromatic N) is 3. The van der Waals surface area contributed by atoms with E-state index in [4.69, 9.17) is 0 Å². The lowest BCUT2D eigenvalue weighted by Gasteiger charge is -2.10. The Balaban J connectivity index is 1.68. The monoisotopic (exact) mass is 461 g/mol. The molecule has 0 aliphatic carbocycles. The molecule has 1 amide bonds. The molecule has 3 aromatic rings. The molecule has 0 fully saturated rings. The van der Waals surface area contributed by atoms with Gasteiger partial charge >= 0.3 is 0 Å². The SMILES string of the molecule is CCC(=O)Nc1ccc(S(=O)(=O)NCCn2nc(-c3sc(C)nc3C)ccc2=O)cc1. The molecular weight excluding hydrogens is 438 g/mol. The number of carbonyl (C=O) groups excluding carboxylic acids is 1. The van der Waals surface area contributed by atoms with Crippen LogP contribution in [0.3, 0.4) is 0 Å². The molecule has 0 bridgehead atoms. The average molecular weight is 462 g/mol. The number of hydrogen-bond donors (Lipinski definition) is 2. The predicted octanol–water partition coefficient (Wildman–Crippen LogP) is 2.31. The zero-order valence-electron chi connectivity index (χ0n) is 17.4. The number of amides is 1. The van der Waals surface area contributed by atoms with Crippen LogP contribution in [-0.2, 0) is 21.4 Å². The molecule has 0 spiro atoms. The van der Waals surface area contributed by atoms with E-state index in [2.05, 4.69) is 20.1 Å². The fraction of sp³-hybridized carbons (Fsp3) is 0.300. The van der Waals surface area contributed by atoms with E-state index in [1.165, 1.54) is 46.4 Å². The first-order chi connectivity index (χ1) is 14.7. The second-order valence-electron chi connectivity index (χ2n) is 6.75. The molecule has 11 heteroatoms. The van der Waals surface area contributed by atoms with Crippen LogP contribution in [0, 0.1) is 13.8 Å². The molecule has 164 valence electrons. The highest BCUT2D eigenvalue weighted by Gasteiger charge is 2.15. The number of carbonyl (C=O) groups is 1. The minimum absolute atomic E-state index is 0.00623. The van der Waals surface area contributed by atoms with Gasteiger partial charge in [-0.05, 0) is 44.2 Å². The van der Waals surface area contributed by atoms with Crippen molar-refractivity contribution in [2.24, 2.45) is 0 Å². The largest absolute Gasteiger partial charge is 0.326 e. The summed E-state index contributed by atoms with van der Waals surface area (Å²) in [5.74, 6) is -0.155. The third-order valence-electron chi connectivity index (χ3n) is 4.39. The first-order valence-corrected chi connectivity index (χ1v) is 11.9. The maximum atomic E-state index is 12.5. The summed E-state index contributed by atoms with van der Waals surface area (Å²) >= 11 is 1.49. The van der Waals surface area contributed by atoms with Crippen molar-refractivity contribution in [3.63, 3.8) is 0 Å². The van der Waals surface area contributed by atoms with Crippen molar-refractivity contribution in [1.82, 2.24) is 19.5 Å².